The van der Waals surface area contributed by atoms with Gasteiger partial charge in [-0.25, -0.2) is 0 Å². The third kappa shape index (κ3) is 1.87. The van der Waals surface area contributed by atoms with Crippen molar-refractivity contribution in [2.45, 2.75) is 31.1 Å². The molecule has 2 nitrogen and oxygen atoms in total. The van der Waals surface area contributed by atoms with Crippen molar-refractivity contribution < 1.29 is 9.90 Å². The highest BCUT2D eigenvalue weighted by molar-refractivity contribution is 9.10. The Labute approximate surface area is 108 Å². The molecule has 0 bridgehead atoms. The summed E-state index contributed by atoms with van der Waals surface area (Å²) in [7, 11) is 0. The van der Waals surface area contributed by atoms with Crippen LogP contribution in [0.3, 0.4) is 0 Å². The molecule has 0 saturated heterocycles. The van der Waals surface area contributed by atoms with E-state index in [2.05, 4.69) is 15.9 Å². The molecule has 16 heavy (non-hydrogen) atoms. The average Bonchev–Trinajstić information content (AvgIpc) is 2.71. The van der Waals surface area contributed by atoms with Crippen LogP contribution in [0.4, 0.5) is 0 Å². The minimum Gasteiger partial charge on any atom is -0.481 e. The standard InChI is InChI=1S/C12H12BrClO2/c13-8-3-4-10(14)9(7-8)12(11(15)16)5-1-2-6-12/h3-4,7H,1-2,5-6H2,(H,15,16). The van der Waals surface area contributed by atoms with Gasteiger partial charge in [0.2, 0.25) is 0 Å². The number of halogens is 2. The first-order valence-corrected chi connectivity index (χ1v) is 6.42. The molecule has 0 amide bonds. The lowest BCUT2D eigenvalue weighted by Crippen LogP contribution is -2.32. The van der Waals surface area contributed by atoms with Gasteiger partial charge in [0, 0.05) is 9.50 Å². The van der Waals surface area contributed by atoms with Crippen molar-refractivity contribution >= 4 is 33.5 Å². The molecule has 1 aliphatic rings. The summed E-state index contributed by atoms with van der Waals surface area (Å²) in [6, 6.07) is 5.42. The lowest BCUT2D eigenvalue weighted by molar-refractivity contribution is -0.143. The van der Waals surface area contributed by atoms with E-state index < -0.39 is 11.4 Å². The maximum absolute atomic E-state index is 11.5. The molecule has 0 atom stereocenters. The lowest BCUT2D eigenvalue weighted by atomic mass is 9.79. The van der Waals surface area contributed by atoms with Crippen LogP contribution in [-0.4, -0.2) is 11.1 Å². The van der Waals surface area contributed by atoms with Crippen molar-refractivity contribution in [1.82, 2.24) is 0 Å². The molecule has 0 heterocycles. The molecule has 86 valence electrons. The molecule has 1 saturated carbocycles. The van der Waals surface area contributed by atoms with Gasteiger partial charge in [0.05, 0.1) is 5.41 Å². The molecule has 4 heteroatoms. The van der Waals surface area contributed by atoms with E-state index in [1.54, 1.807) is 6.07 Å². The lowest BCUT2D eigenvalue weighted by Gasteiger charge is -2.25. The van der Waals surface area contributed by atoms with Crippen LogP contribution in [0.1, 0.15) is 31.2 Å². The molecule has 0 radical (unpaired) electrons. The number of hydrogen-bond donors (Lipinski definition) is 1. The molecule has 0 spiro atoms. The number of benzene rings is 1. The van der Waals surface area contributed by atoms with Crippen molar-refractivity contribution in [3.05, 3.63) is 33.3 Å². The molecule has 1 aromatic carbocycles. The predicted octanol–water partition coefficient (Wildman–Crippen LogP) is 4.00. The van der Waals surface area contributed by atoms with E-state index in [9.17, 15) is 9.90 Å². The molecule has 1 aromatic rings. The summed E-state index contributed by atoms with van der Waals surface area (Å²) in [4.78, 5) is 11.5. The van der Waals surface area contributed by atoms with Gasteiger partial charge in [-0.2, -0.15) is 0 Å². The van der Waals surface area contributed by atoms with Crippen LogP contribution in [0.25, 0.3) is 0 Å². The zero-order valence-corrected chi connectivity index (χ0v) is 11.0. The Morgan fingerprint density at radius 2 is 2.00 bits per heavy atom. The summed E-state index contributed by atoms with van der Waals surface area (Å²) in [5.41, 5.74) is -0.0329. The summed E-state index contributed by atoms with van der Waals surface area (Å²) in [6.07, 6.45) is 3.27. The molecular weight excluding hydrogens is 291 g/mol. The SMILES string of the molecule is O=C(O)C1(c2cc(Br)ccc2Cl)CCCC1. The number of hydrogen-bond acceptors (Lipinski definition) is 1. The van der Waals surface area contributed by atoms with Crippen LogP contribution in [-0.2, 0) is 10.2 Å². The number of carbonyl (C=O) groups is 1. The van der Waals surface area contributed by atoms with Crippen LogP contribution in [0, 0.1) is 0 Å². The Kier molecular flexibility index (Phi) is 3.27. The first-order chi connectivity index (χ1) is 7.56. The molecule has 0 aromatic heterocycles. The van der Waals surface area contributed by atoms with Crippen molar-refractivity contribution in [2.24, 2.45) is 0 Å². The Bertz CT molecular complexity index is 425. The Morgan fingerprint density at radius 1 is 1.38 bits per heavy atom. The minimum atomic E-state index is -0.777. The van der Waals surface area contributed by atoms with Crippen LogP contribution in [0.2, 0.25) is 5.02 Å². The number of carboxylic acid groups (broad SMARTS) is 1. The van der Waals surface area contributed by atoms with Gasteiger partial charge in [0.25, 0.3) is 0 Å². The Balaban J connectivity index is 2.55. The second-order valence-corrected chi connectivity index (χ2v) is 5.54. The van der Waals surface area contributed by atoms with E-state index in [0.717, 1.165) is 22.9 Å². The first-order valence-electron chi connectivity index (χ1n) is 5.25. The second kappa shape index (κ2) is 4.38. The van der Waals surface area contributed by atoms with E-state index in [-0.39, 0.29) is 0 Å². The van der Waals surface area contributed by atoms with E-state index in [4.69, 9.17) is 11.6 Å². The van der Waals surface area contributed by atoms with E-state index in [1.807, 2.05) is 12.1 Å². The quantitative estimate of drug-likeness (QED) is 0.896. The van der Waals surface area contributed by atoms with Gasteiger partial charge in [0.1, 0.15) is 0 Å². The van der Waals surface area contributed by atoms with Gasteiger partial charge in [-0.15, -0.1) is 0 Å². The normalized spacial score (nSPS) is 18.6. The third-order valence-corrected chi connectivity index (χ3v) is 4.13. The van der Waals surface area contributed by atoms with E-state index in [1.165, 1.54) is 0 Å². The van der Waals surface area contributed by atoms with Gasteiger partial charge in [-0.05, 0) is 36.6 Å². The monoisotopic (exact) mass is 302 g/mol. The van der Waals surface area contributed by atoms with E-state index in [0.29, 0.717) is 17.9 Å². The summed E-state index contributed by atoms with van der Waals surface area (Å²) < 4.78 is 0.874. The average molecular weight is 304 g/mol. The number of rotatable bonds is 2. The van der Waals surface area contributed by atoms with E-state index >= 15 is 0 Å². The smallest absolute Gasteiger partial charge is 0.314 e. The van der Waals surface area contributed by atoms with Crippen molar-refractivity contribution in [2.75, 3.05) is 0 Å². The molecule has 1 fully saturated rings. The first kappa shape index (κ1) is 11.9. The fourth-order valence-corrected chi connectivity index (χ4v) is 3.10. The van der Waals surface area contributed by atoms with Crippen molar-refractivity contribution in [1.29, 1.82) is 0 Å². The summed E-state index contributed by atoms with van der Waals surface area (Å²) >= 11 is 9.49. The fraction of sp³-hybridized carbons (Fsp3) is 0.417. The molecule has 0 aliphatic heterocycles. The second-order valence-electron chi connectivity index (χ2n) is 4.22. The zero-order chi connectivity index (χ0) is 11.8. The highest BCUT2D eigenvalue weighted by Gasteiger charge is 2.44. The van der Waals surface area contributed by atoms with Gasteiger partial charge in [-0.3, -0.25) is 4.79 Å². The van der Waals surface area contributed by atoms with Gasteiger partial charge in [0.15, 0.2) is 0 Å². The molecule has 0 unspecified atom stereocenters. The van der Waals surface area contributed by atoms with Crippen LogP contribution in [0.5, 0.6) is 0 Å². The third-order valence-electron chi connectivity index (χ3n) is 3.31. The Hall–Kier alpha value is -0.540. The highest BCUT2D eigenvalue weighted by atomic mass is 79.9. The summed E-state index contributed by atoms with van der Waals surface area (Å²) in [5.74, 6) is -0.759. The largest absolute Gasteiger partial charge is 0.481 e. The van der Waals surface area contributed by atoms with Crippen molar-refractivity contribution in [3.8, 4) is 0 Å². The number of aliphatic carboxylic acids is 1. The van der Waals surface area contributed by atoms with Gasteiger partial charge >= 0.3 is 5.97 Å². The van der Waals surface area contributed by atoms with Gasteiger partial charge < -0.3 is 5.11 Å². The van der Waals surface area contributed by atoms with Crippen LogP contribution in [0.15, 0.2) is 22.7 Å². The minimum absolute atomic E-state index is 0.549. The zero-order valence-electron chi connectivity index (χ0n) is 8.67. The highest BCUT2D eigenvalue weighted by Crippen LogP contribution is 2.44. The maximum Gasteiger partial charge on any atom is 0.314 e. The van der Waals surface area contributed by atoms with Crippen molar-refractivity contribution in [3.63, 3.8) is 0 Å². The molecular formula is C12H12BrClO2. The number of carboxylic acids is 1. The molecule has 2 rings (SSSR count). The molecule has 1 aliphatic carbocycles. The summed E-state index contributed by atoms with van der Waals surface area (Å²) in [5, 5.41) is 10.0. The summed E-state index contributed by atoms with van der Waals surface area (Å²) in [6.45, 7) is 0. The van der Waals surface area contributed by atoms with Crippen LogP contribution < -0.4 is 0 Å². The topological polar surface area (TPSA) is 37.3 Å². The Morgan fingerprint density at radius 3 is 2.56 bits per heavy atom. The van der Waals surface area contributed by atoms with Crippen LogP contribution >= 0.6 is 27.5 Å². The predicted molar refractivity (Wildman–Crippen MR) is 66.9 cm³/mol. The fourth-order valence-electron chi connectivity index (χ4n) is 2.44. The van der Waals surface area contributed by atoms with Gasteiger partial charge in [-0.1, -0.05) is 40.4 Å². The molecule has 1 N–H and O–H groups in total. The maximum atomic E-state index is 11.5.